The molecule has 0 radical (unpaired) electrons. The van der Waals surface area contributed by atoms with Crippen molar-refractivity contribution in [3.63, 3.8) is 0 Å². The minimum atomic E-state index is 0.124. The zero-order valence-electron chi connectivity index (χ0n) is 19.2. The number of ether oxygens (including phenoxy) is 1. The van der Waals surface area contributed by atoms with Gasteiger partial charge in [0.05, 0.1) is 6.61 Å². The number of likely N-dealkylation sites (tertiary alicyclic amines) is 2. The van der Waals surface area contributed by atoms with Crippen molar-refractivity contribution < 1.29 is 9.53 Å². The highest BCUT2D eigenvalue weighted by Gasteiger charge is 2.38. The monoisotopic (exact) mass is 455 g/mol. The first kappa shape index (κ1) is 23.1. The number of hydrogen-bond acceptors (Lipinski definition) is 4. The van der Waals surface area contributed by atoms with Crippen molar-refractivity contribution in [3.05, 3.63) is 58.7 Å². The molecule has 2 aliphatic heterocycles. The summed E-state index contributed by atoms with van der Waals surface area (Å²) >= 11 is 5.96. The normalized spacial score (nSPS) is 18.8. The molecule has 0 bridgehead atoms. The van der Waals surface area contributed by atoms with Gasteiger partial charge in [0.25, 0.3) is 5.91 Å². The fourth-order valence-electron chi connectivity index (χ4n) is 4.81. The maximum Gasteiger partial charge on any atom is 0.253 e. The molecule has 32 heavy (non-hydrogen) atoms. The van der Waals surface area contributed by atoms with Crippen LogP contribution in [0.2, 0.25) is 5.02 Å². The maximum absolute atomic E-state index is 12.8. The summed E-state index contributed by atoms with van der Waals surface area (Å²) in [6, 6.07) is 11.4. The fourth-order valence-corrected chi connectivity index (χ4v) is 4.93. The molecule has 172 valence electrons. The average Bonchev–Trinajstić information content (AvgIpc) is 2.81. The van der Waals surface area contributed by atoms with Crippen LogP contribution in [0.15, 0.2) is 42.6 Å². The van der Waals surface area contributed by atoms with Crippen LogP contribution in [-0.4, -0.2) is 53.5 Å². The van der Waals surface area contributed by atoms with E-state index in [0.29, 0.717) is 23.0 Å². The molecule has 0 aliphatic carbocycles. The van der Waals surface area contributed by atoms with E-state index in [2.05, 4.69) is 29.8 Å². The van der Waals surface area contributed by atoms with E-state index >= 15 is 0 Å². The summed E-state index contributed by atoms with van der Waals surface area (Å²) in [5, 5.41) is 0.663. The van der Waals surface area contributed by atoms with E-state index in [0.717, 1.165) is 57.0 Å². The quantitative estimate of drug-likeness (QED) is 0.593. The van der Waals surface area contributed by atoms with Gasteiger partial charge in [0.15, 0.2) is 0 Å². The minimum absolute atomic E-state index is 0.124. The molecule has 1 aromatic heterocycles. The first-order valence-electron chi connectivity index (χ1n) is 11.8. The van der Waals surface area contributed by atoms with Crippen LogP contribution in [0.1, 0.15) is 55.5 Å². The highest BCUT2D eigenvalue weighted by atomic mass is 35.5. The number of pyridine rings is 1. The Labute approximate surface area is 196 Å². The van der Waals surface area contributed by atoms with Crippen molar-refractivity contribution in [1.29, 1.82) is 0 Å². The lowest BCUT2D eigenvalue weighted by Gasteiger charge is -2.47. The van der Waals surface area contributed by atoms with Gasteiger partial charge in [-0.3, -0.25) is 9.69 Å². The maximum atomic E-state index is 12.8. The number of carbonyl (C=O) groups is 1. The van der Waals surface area contributed by atoms with E-state index in [1.54, 1.807) is 12.1 Å². The van der Waals surface area contributed by atoms with Gasteiger partial charge in [0, 0.05) is 42.0 Å². The van der Waals surface area contributed by atoms with Gasteiger partial charge in [-0.05, 0) is 80.4 Å². The number of aromatic nitrogens is 1. The van der Waals surface area contributed by atoms with E-state index in [9.17, 15) is 4.79 Å². The van der Waals surface area contributed by atoms with E-state index in [1.807, 2.05) is 29.3 Å². The van der Waals surface area contributed by atoms with Crippen LogP contribution >= 0.6 is 11.6 Å². The largest absolute Gasteiger partial charge is 0.477 e. The third kappa shape index (κ3) is 5.62. The molecule has 1 aromatic carbocycles. The van der Waals surface area contributed by atoms with Crippen LogP contribution in [-0.2, 0) is 6.54 Å². The molecule has 0 atom stereocenters. The first-order valence-corrected chi connectivity index (χ1v) is 12.2. The molecule has 1 amide bonds. The van der Waals surface area contributed by atoms with E-state index in [4.69, 9.17) is 16.3 Å². The van der Waals surface area contributed by atoms with Crippen LogP contribution in [0.4, 0.5) is 0 Å². The summed E-state index contributed by atoms with van der Waals surface area (Å²) in [4.78, 5) is 21.8. The number of piperidine rings is 2. The van der Waals surface area contributed by atoms with Crippen molar-refractivity contribution in [3.8, 4) is 5.88 Å². The van der Waals surface area contributed by atoms with Crippen molar-refractivity contribution in [1.82, 2.24) is 14.8 Å². The molecule has 0 unspecified atom stereocenters. The van der Waals surface area contributed by atoms with Gasteiger partial charge < -0.3 is 9.64 Å². The van der Waals surface area contributed by atoms with Crippen molar-refractivity contribution >= 4 is 17.5 Å². The third-order valence-corrected chi connectivity index (χ3v) is 7.17. The number of hydrogen-bond donors (Lipinski definition) is 0. The Bertz CT molecular complexity index is 898. The second-order valence-electron chi connectivity index (χ2n) is 9.75. The van der Waals surface area contributed by atoms with Gasteiger partial charge in [-0.1, -0.05) is 31.5 Å². The standard InChI is InChI=1S/C26H34ClN3O2/c1-20(2)19-32-24-22(4-3-13-28-24)18-29-14-9-26(10-15-29)11-16-30(17-12-26)25(31)21-5-7-23(27)8-6-21/h3-8,13,20H,9-12,14-19H2,1-2H3. The number of benzene rings is 1. The van der Waals surface area contributed by atoms with Gasteiger partial charge in [0.2, 0.25) is 5.88 Å². The summed E-state index contributed by atoms with van der Waals surface area (Å²) in [6.45, 7) is 9.75. The minimum Gasteiger partial charge on any atom is -0.477 e. The lowest BCUT2D eigenvalue weighted by molar-refractivity contribution is 0.0283. The summed E-state index contributed by atoms with van der Waals surface area (Å²) < 4.78 is 5.94. The third-order valence-electron chi connectivity index (χ3n) is 6.92. The van der Waals surface area contributed by atoms with Gasteiger partial charge in [-0.15, -0.1) is 0 Å². The lowest BCUT2D eigenvalue weighted by atomic mass is 9.71. The Kier molecular flexibility index (Phi) is 7.37. The van der Waals surface area contributed by atoms with Crippen LogP contribution in [0.5, 0.6) is 5.88 Å². The molecule has 4 rings (SSSR count). The Morgan fingerprint density at radius 3 is 2.38 bits per heavy atom. The number of rotatable bonds is 6. The van der Waals surface area contributed by atoms with E-state index < -0.39 is 0 Å². The average molecular weight is 456 g/mol. The molecule has 2 saturated heterocycles. The Morgan fingerprint density at radius 2 is 1.72 bits per heavy atom. The SMILES string of the molecule is CC(C)COc1ncccc1CN1CCC2(CC1)CCN(C(=O)c1ccc(Cl)cc1)CC2. The van der Waals surface area contributed by atoms with Gasteiger partial charge in [-0.25, -0.2) is 4.98 Å². The predicted molar refractivity (Wildman–Crippen MR) is 128 cm³/mol. The highest BCUT2D eigenvalue weighted by Crippen LogP contribution is 2.42. The van der Waals surface area contributed by atoms with Crippen LogP contribution in [0.3, 0.4) is 0 Å². The van der Waals surface area contributed by atoms with Crippen LogP contribution < -0.4 is 4.74 Å². The molecule has 2 aliphatic rings. The summed E-state index contributed by atoms with van der Waals surface area (Å²) in [7, 11) is 0. The summed E-state index contributed by atoms with van der Waals surface area (Å²) in [6.07, 6.45) is 6.38. The Balaban J connectivity index is 1.28. The van der Waals surface area contributed by atoms with Crippen molar-refractivity contribution in [2.24, 2.45) is 11.3 Å². The molecule has 3 heterocycles. The summed E-state index contributed by atoms with van der Waals surface area (Å²) in [5.41, 5.74) is 2.28. The molecular formula is C26H34ClN3O2. The zero-order chi connectivity index (χ0) is 22.6. The van der Waals surface area contributed by atoms with Gasteiger partial charge >= 0.3 is 0 Å². The van der Waals surface area contributed by atoms with Crippen molar-refractivity contribution in [2.75, 3.05) is 32.8 Å². The second-order valence-corrected chi connectivity index (χ2v) is 10.2. The summed E-state index contributed by atoms with van der Waals surface area (Å²) in [5.74, 6) is 1.38. The Morgan fingerprint density at radius 1 is 1.06 bits per heavy atom. The molecule has 2 fully saturated rings. The topological polar surface area (TPSA) is 45.7 Å². The molecule has 5 nitrogen and oxygen atoms in total. The highest BCUT2D eigenvalue weighted by molar-refractivity contribution is 6.30. The fraction of sp³-hybridized carbons (Fsp3) is 0.538. The number of amides is 1. The molecular weight excluding hydrogens is 422 g/mol. The molecule has 0 saturated carbocycles. The molecule has 1 spiro atoms. The number of carbonyl (C=O) groups excluding carboxylic acids is 1. The zero-order valence-corrected chi connectivity index (χ0v) is 20.0. The first-order chi connectivity index (χ1) is 15.4. The number of halogens is 1. The second kappa shape index (κ2) is 10.2. The molecule has 2 aromatic rings. The van der Waals surface area contributed by atoms with Crippen molar-refractivity contribution in [2.45, 2.75) is 46.1 Å². The van der Waals surface area contributed by atoms with Gasteiger partial charge in [-0.2, -0.15) is 0 Å². The van der Waals surface area contributed by atoms with Crippen LogP contribution in [0.25, 0.3) is 0 Å². The Hall–Kier alpha value is -2.11. The molecule has 0 N–H and O–H groups in total. The van der Waals surface area contributed by atoms with Gasteiger partial charge in [0.1, 0.15) is 0 Å². The van der Waals surface area contributed by atoms with Crippen LogP contribution in [0, 0.1) is 11.3 Å². The lowest BCUT2D eigenvalue weighted by Crippen LogP contribution is -2.48. The number of nitrogens with zero attached hydrogens (tertiary/aromatic N) is 3. The van der Waals surface area contributed by atoms with E-state index in [-0.39, 0.29) is 5.91 Å². The predicted octanol–water partition coefficient (Wildman–Crippen LogP) is 5.29. The molecule has 6 heteroatoms. The van der Waals surface area contributed by atoms with E-state index in [1.165, 1.54) is 18.4 Å². The smallest absolute Gasteiger partial charge is 0.253 e.